The number of unbranched alkanes of at least 4 members (excludes halogenated alkanes) is 13. The number of carbonyl (C=O) groups is 3. The molecular weight excluding hydrogens is 685 g/mol. The summed E-state index contributed by atoms with van der Waals surface area (Å²) in [6.45, 7) is 6.34. The molecule has 0 amide bonds. The van der Waals surface area contributed by atoms with Gasteiger partial charge in [-0.2, -0.15) is 0 Å². The topological polar surface area (TPSA) is 78.9 Å². The lowest BCUT2D eigenvalue weighted by atomic mass is 10.1. The summed E-state index contributed by atoms with van der Waals surface area (Å²) in [5, 5.41) is 0. The SMILES string of the molecule is CC/C=C\C/C=C\C/C=C\CCCC(=O)OC(COC(=O)CCC/C=C\C/C=C\C/C=C\C/C=C\CCCCC)COC(=O)CCCCCCCCCCC. The van der Waals surface area contributed by atoms with E-state index in [1.807, 2.05) is 0 Å². The van der Waals surface area contributed by atoms with E-state index in [4.69, 9.17) is 14.2 Å². The molecule has 0 bridgehead atoms. The maximum atomic E-state index is 12.6. The molecule has 1 unspecified atom stereocenters. The standard InChI is InChI=1S/C49H80O6/c1-4-7-10-13-16-19-21-22-23-24-25-26-28-30-33-36-39-42-48(51)54-45-46(44-53-47(50)41-38-35-32-29-18-15-12-9-6-3)55-49(52)43-40-37-34-31-27-20-17-14-11-8-5-2/h8,11,16-17,19-20,22-23,25-26,30-31,33-34,46H,4-7,9-10,12-15,18,21,24,27-29,32,35-45H2,1-3H3/b11-8-,19-16-,20-17-,23-22-,26-25-,33-30-,34-31-. The average Bonchev–Trinajstić information content (AvgIpc) is 3.18. The fraction of sp³-hybridized carbons (Fsp3) is 0.653. The van der Waals surface area contributed by atoms with Crippen molar-refractivity contribution in [2.24, 2.45) is 0 Å². The van der Waals surface area contributed by atoms with Crippen LogP contribution in [0.3, 0.4) is 0 Å². The lowest BCUT2D eigenvalue weighted by Crippen LogP contribution is -2.30. The van der Waals surface area contributed by atoms with E-state index in [9.17, 15) is 14.4 Å². The van der Waals surface area contributed by atoms with Crippen molar-refractivity contribution >= 4 is 17.9 Å². The van der Waals surface area contributed by atoms with Crippen LogP contribution >= 0.6 is 0 Å². The number of ether oxygens (including phenoxy) is 3. The van der Waals surface area contributed by atoms with E-state index in [1.165, 1.54) is 64.2 Å². The Labute approximate surface area is 337 Å². The van der Waals surface area contributed by atoms with Crippen molar-refractivity contribution in [3.63, 3.8) is 0 Å². The van der Waals surface area contributed by atoms with Crippen LogP contribution in [0.5, 0.6) is 0 Å². The van der Waals surface area contributed by atoms with Crippen molar-refractivity contribution in [3.8, 4) is 0 Å². The van der Waals surface area contributed by atoms with E-state index in [0.717, 1.165) is 70.6 Å². The number of carbonyl (C=O) groups excluding carboxylic acids is 3. The average molecular weight is 765 g/mol. The molecule has 6 heteroatoms. The molecule has 0 aromatic rings. The van der Waals surface area contributed by atoms with Gasteiger partial charge in [-0.1, -0.05) is 170 Å². The van der Waals surface area contributed by atoms with Crippen LogP contribution in [0.2, 0.25) is 0 Å². The monoisotopic (exact) mass is 765 g/mol. The zero-order chi connectivity index (χ0) is 40.1. The second kappa shape index (κ2) is 43.3. The van der Waals surface area contributed by atoms with Crippen molar-refractivity contribution < 1.29 is 28.6 Å². The van der Waals surface area contributed by atoms with Gasteiger partial charge in [0.25, 0.3) is 0 Å². The quantitative estimate of drug-likeness (QED) is 0.0270. The van der Waals surface area contributed by atoms with E-state index in [-0.39, 0.29) is 44.0 Å². The first-order valence-electron chi connectivity index (χ1n) is 22.1. The van der Waals surface area contributed by atoms with Crippen LogP contribution in [0.1, 0.15) is 188 Å². The molecule has 0 aliphatic carbocycles. The second-order valence-corrected chi connectivity index (χ2v) is 14.2. The minimum atomic E-state index is -0.820. The van der Waals surface area contributed by atoms with Crippen molar-refractivity contribution in [1.29, 1.82) is 0 Å². The zero-order valence-electron chi connectivity index (χ0n) is 35.4. The summed E-state index contributed by atoms with van der Waals surface area (Å²) < 4.78 is 16.6. The number of esters is 3. The van der Waals surface area contributed by atoms with Gasteiger partial charge in [0.2, 0.25) is 0 Å². The molecule has 0 aromatic heterocycles. The van der Waals surface area contributed by atoms with E-state index < -0.39 is 6.10 Å². The van der Waals surface area contributed by atoms with Crippen LogP contribution in [0.25, 0.3) is 0 Å². The molecule has 0 fully saturated rings. The zero-order valence-corrected chi connectivity index (χ0v) is 35.4. The first kappa shape index (κ1) is 51.6. The number of hydrogen-bond acceptors (Lipinski definition) is 6. The third-order valence-corrected chi connectivity index (χ3v) is 8.88. The normalized spacial score (nSPS) is 12.9. The van der Waals surface area contributed by atoms with Gasteiger partial charge in [0, 0.05) is 19.3 Å². The predicted octanol–water partition coefficient (Wildman–Crippen LogP) is 14.1. The van der Waals surface area contributed by atoms with E-state index in [2.05, 4.69) is 106 Å². The summed E-state index contributed by atoms with van der Waals surface area (Å²) in [5.74, 6) is -1.04. The maximum Gasteiger partial charge on any atom is 0.306 e. The molecule has 1 atom stereocenters. The summed E-state index contributed by atoms with van der Waals surface area (Å²) in [6, 6.07) is 0. The fourth-order valence-corrected chi connectivity index (χ4v) is 5.57. The Bertz CT molecular complexity index is 1110. The van der Waals surface area contributed by atoms with Crippen molar-refractivity contribution in [2.45, 2.75) is 194 Å². The molecule has 312 valence electrons. The molecule has 0 aliphatic rings. The summed E-state index contributed by atoms with van der Waals surface area (Å²) in [6.07, 6.45) is 54.4. The van der Waals surface area contributed by atoms with Crippen molar-refractivity contribution in [1.82, 2.24) is 0 Å². The van der Waals surface area contributed by atoms with Crippen LogP contribution < -0.4 is 0 Å². The highest BCUT2D eigenvalue weighted by Crippen LogP contribution is 2.12. The smallest absolute Gasteiger partial charge is 0.306 e. The van der Waals surface area contributed by atoms with Gasteiger partial charge < -0.3 is 14.2 Å². The highest BCUT2D eigenvalue weighted by Gasteiger charge is 2.19. The van der Waals surface area contributed by atoms with Gasteiger partial charge in [0.05, 0.1) is 0 Å². The fourth-order valence-electron chi connectivity index (χ4n) is 5.57. The molecule has 0 heterocycles. The highest BCUT2D eigenvalue weighted by atomic mass is 16.6. The van der Waals surface area contributed by atoms with Crippen molar-refractivity contribution in [2.75, 3.05) is 13.2 Å². The Kier molecular flexibility index (Phi) is 40.6. The maximum absolute atomic E-state index is 12.6. The van der Waals surface area contributed by atoms with Gasteiger partial charge in [0.1, 0.15) is 13.2 Å². The molecule has 0 aromatic carbocycles. The molecule has 0 saturated heterocycles. The molecule has 55 heavy (non-hydrogen) atoms. The molecule has 6 nitrogen and oxygen atoms in total. The minimum Gasteiger partial charge on any atom is -0.462 e. The van der Waals surface area contributed by atoms with E-state index in [0.29, 0.717) is 19.3 Å². The molecule has 0 radical (unpaired) electrons. The summed E-state index contributed by atoms with van der Waals surface area (Å²) >= 11 is 0. The van der Waals surface area contributed by atoms with E-state index in [1.54, 1.807) is 0 Å². The van der Waals surface area contributed by atoms with Gasteiger partial charge in [-0.25, -0.2) is 0 Å². The van der Waals surface area contributed by atoms with Gasteiger partial charge in [0.15, 0.2) is 6.10 Å². The third kappa shape index (κ3) is 41.6. The molecule has 0 N–H and O–H groups in total. The Morgan fingerprint density at radius 3 is 1.18 bits per heavy atom. The molecule has 0 aliphatic heterocycles. The Hall–Kier alpha value is -3.41. The number of rotatable bonds is 38. The van der Waals surface area contributed by atoms with Crippen LogP contribution in [0.4, 0.5) is 0 Å². The lowest BCUT2D eigenvalue weighted by Gasteiger charge is -2.18. The predicted molar refractivity (Wildman–Crippen MR) is 233 cm³/mol. The Balaban J connectivity index is 4.51. The van der Waals surface area contributed by atoms with Crippen LogP contribution in [0.15, 0.2) is 85.1 Å². The van der Waals surface area contributed by atoms with Gasteiger partial charge in [-0.15, -0.1) is 0 Å². The molecular formula is C49H80O6. The number of hydrogen-bond donors (Lipinski definition) is 0. The van der Waals surface area contributed by atoms with Crippen LogP contribution in [-0.4, -0.2) is 37.2 Å². The lowest BCUT2D eigenvalue weighted by molar-refractivity contribution is -0.167. The molecule has 0 rings (SSSR count). The second-order valence-electron chi connectivity index (χ2n) is 14.2. The number of allylic oxidation sites excluding steroid dienone is 14. The Morgan fingerprint density at radius 1 is 0.382 bits per heavy atom. The van der Waals surface area contributed by atoms with Crippen molar-refractivity contribution in [3.05, 3.63) is 85.1 Å². The summed E-state index contributed by atoms with van der Waals surface area (Å²) in [5.41, 5.74) is 0. The van der Waals surface area contributed by atoms with Gasteiger partial charge in [-0.3, -0.25) is 14.4 Å². The van der Waals surface area contributed by atoms with Crippen LogP contribution in [0, 0.1) is 0 Å². The third-order valence-electron chi connectivity index (χ3n) is 8.88. The minimum absolute atomic E-state index is 0.114. The first-order chi connectivity index (χ1) is 27.0. The van der Waals surface area contributed by atoms with Gasteiger partial charge >= 0.3 is 17.9 Å². The van der Waals surface area contributed by atoms with Crippen LogP contribution in [-0.2, 0) is 28.6 Å². The highest BCUT2D eigenvalue weighted by molar-refractivity contribution is 5.71. The largest absolute Gasteiger partial charge is 0.462 e. The Morgan fingerprint density at radius 2 is 0.727 bits per heavy atom. The van der Waals surface area contributed by atoms with E-state index >= 15 is 0 Å². The van der Waals surface area contributed by atoms with Gasteiger partial charge in [-0.05, 0) is 83.5 Å². The summed E-state index contributed by atoms with van der Waals surface area (Å²) in [7, 11) is 0. The summed E-state index contributed by atoms with van der Waals surface area (Å²) in [4.78, 5) is 37.6. The molecule has 0 spiro atoms. The first-order valence-corrected chi connectivity index (χ1v) is 22.1. The molecule has 0 saturated carbocycles.